The van der Waals surface area contributed by atoms with Crippen LogP contribution in [0.4, 0.5) is 0 Å². The van der Waals surface area contributed by atoms with Crippen molar-refractivity contribution in [1.29, 1.82) is 0 Å². The van der Waals surface area contributed by atoms with Crippen LogP contribution < -0.4 is 10.2 Å². The van der Waals surface area contributed by atoms with Gasteiger partial charge in [0.2, 0.25) is 0 Å². The smallest absolute Gasteiger partial charge is 0.550 e. The molecule has 0 aliphatic heterocycles. The number of hydrogen-bond donors (Lipinski definition) is 0. The molecule has 41 heavy (non-hydrogen) atoms. The predicted octanol–water partition coefficient (Wildman–Crippen LogP) is 8.27. The third-order valence-corrected chi connectivity index (χ3v) is 6.04. The van der Waals surface area contributed by atoms with Crippen LogP contribution >= 0.6 is 0 Å². The summed E-state index contributed by atoms with van der Waals surface area (Å²) < 4.78 is 0. The Hall–Kier alpha value is -1.36. The quantitative estimate of drug-likeness (QED) is 0.0573. The van der Waals surface area contributed by atoms with E-state index in [0.717, 1.165) is 51.4 Å². The summed E-state index contributed by atoms with van der Waals surface area (Å²) >= 11 is 0. The van der Waals surface area contributed by atoms with Crippen molar-refractivity contribution in [2.24, 2.45) is 0 Å². The number of allylic oxidation sites excluding steroid dienone is 12. The molecular weight excluding hydrogens is 536 g/mol. The molecule has 0 aromatic heterocycles. The van der Waals surface area contributed by atoms with Gasteiger partial charge in [0.1, 0.15) is 0 Å². The monoisotopic (exact) mass is 594 g/mol. The van der Waals surface area contributed by atoms with E-state index in [0.29, 0.717) is 12.8 Å². The average Bonchev–Trinajstić information content (AvgIpc) is 2.93. The van der Waals surface area contributed by atoms with Crippen molar-refractivity contribution in [3.63, 3.8) is 0 Å². The van der Waals surface area contributed by atoms with E-state index in [4.69, 9.17) is 0 Å². The van der Waals surface area contributed by atoms with Gasteiger partial charge in [0.05, 0.1) is 0 Å². The number of rotatable bonds is 26. The SMILES string of the molecule is CCCCCC=CCC=CCC=CCCCCC(=O)[O-].CCCCCC=CCC=CCC=CCCCCC(=O)[O-].[Ca+2]. The van der Waals surface area contributed by atoms with Gasteiger partial charge in [-0.3, -0.25) is 0 Å². The zero-order valence-corrected chi connectivity index (χ0v) is 28.6. The van der Waals surface area contributed by atoms with Gasteiger partial charge in [0, 0.05) is 11.9 Å². The fourth-order valence-electron chi connectivity index (χ4n) is 3.64. The van der Waals surface area contributed by atoms with Gasteiger partial charge < -0.3 is 19.8 Å². The number of carbonyl (C=O) groups excluding carboxylic acids is 2. The fraction of sp³-hybridized carbons (Fsp3) is 0.611. The van der Waals surface area contributed by atoms with Crippen LogP contribution in [-0.2, 0) is 9.59 Å². The molecule has 228 valence electrons. The molecule has 0 aliphatic carbocycles. The first-order valence-corrected chi connectivity index (χ1v) is 15.8. The molecule has 0 heterocycles. The van der Waals surface area contributed by atoms with Crippen LogP contribution in [-0.4, -0.2) is 49.7 Å². The summed E-state index contributed by atoms with van der Waals surface area (Å²) in [5, 5.41) is 20.4. The summed E-state index contributed by atoms with van der Waals surface area (Å²) in [6.45, 7) is 4.45. The Morgan fingerprint density at radius 3 is 0.902 bits per heavy atom. The van der Waals surface area contributed by atoms with Crippen molar-refractivity contribution in [3.05, 3.63) is 72.9 Å². The molecule has 5 heteroatoms. The minimum absolute atomic E-state index is 0. The van der Waals surface area contributed by atoms with Gasteiger partial charge in [0.15, 0.2) is 0 Å². The molecule has 4 nitrogen and oxygen atoms in total. The maximum absolute atomic E-state index is 10.2. The second-order valence-corrected chi connectivity index (χ2v) is 10.00. The van der Waals surface area contributed by atoms with E-state index in [1.165, 1.54) is 51.4 Å². The molecule has 0 radical (unpaired) electrons. The second-order valence-electron chi connectivity index (χ2n) is 10.00. The van der Waals surface area contributed by atoms with Gasteiger partial charge in [-0.25, -0.2) is 0 Å². The number of aliphatic carboxylic acids is 2. The largest absolute Gasteiger partial charge is 2.00 e. The maximum atomic E-state index is 10.2. The fourth-order valence-corrected chi connectivity index (χ4v) is 3.64. The van der Waals surface area contributed by atoms with Gasteiger partial charge in [-0.15, -0.1) is 0 Å². The van der Waals surface area contributed by atoms with Crippen molar-refractivity contribution in [1.82, 2.24) is 0 Å². The van der Waals surface area contributed by atoms with Crippen molar-refractivity contribution in [3.8, 4) is 0 Å². The van der Waals surface area contributed by atoms with Gasteiger partial charge in [-0.1, -0.05) is 112 Å². The van der Waals surface area contributed by atoms with Crippen molar-refractivity contribution in [2.75, 3.05) is 0 Å². The zero-order valence-electron chi connectivity index (χ0n) is 26.4. The minimum Gasteiger partial charge on any atom is -0.550 e. The van der Waals surface area contributed by atoms with E-state index in [9.17, 15) is 19.8 Å². The predicted molar refractivity (Wildman–Crippen MR) is 174 cm³/mol. The summed E-state index contributed by atoms with van der Waals surface area (Å²) in [6, 6.07) is 0. The first-order chi connectivity index (χ1) is 19.5. The summed E-state index contributed by atoms with van der Waals surface area (Å²) in [4.78, 5) is 20.4. The first-order valence-electron chi connectivity index (χ1n) is 15.8. The molecule has 0 N–H and O–H groups in total. The molecular formula is C36H58CaO4. The summed E-state index contributed by atoms with van der Waals surface area (Å²) in [5.74, 6) is -1.89. The molecule has 0 aromatic carbocycles. The molecule has 0 fully saturated rings. The molecule has 0 aliphatic rings. The van der Waals surface area contributed by atoms with Crippen LogP contribution in [0.15, 0.2) is 72.9 Å². The van der Waals surface area contributed by atoms with Crippen molar-refractivity contribution in [2.45, 2.75) is 142 Å². The molecule has 0 saturated carbocycles. The van der Waals surface area contributed by atoms with E-state index in [-0.39, 0.29) is 50.6 Å². The van der Waals surface area contributed by atoms with Gasteiger partial charge in [0.25, 0.3) is 0 Å². The van der Waals surface area contributed by atoms with E-state index in [1.807, 2.05) is 0 Å². The van der Waals surface area contributed by atoms with Gasteiger partial charge in [-0.2, -0.15) is 0 Å². The molecule has 0 atom stereocenters. The number of carboxylic acid groups (broad SMARTS) is 2. The zero-order chi connectivity index (χ0) is 29.8. The standard InChI is InChI=1S/2C18H30O2.Ca/c2*1-2-3-4-5-6-7-8-9-10-11-12-13-14-15-16-17-18(19)20;/h2*6-7,9-10,12-13H,2-5,8,11,14-17H2,1H3,(H,19,20);/q;;+2/p-2. The molecule has 0 saturated heterocycles. The number of carbonyl (C=O) groups is 2. The van der Waals surface area contributed by atoms with Crippen LogP contribution in [0.25, 0.3) is 0 Å². The first kappa shape index (κ1) is 44.1. The Kier molecular flexibility index (Phi) is 43.8. The average molecular weight is 595 g/mol. The molecule has 0 spiro atoms. The van der Waals surface area contributed by atoms with Gasteiger partial charge >= 0.3 is 37.7 Å². The third kappa shape index (κ3) is 48.7. The third-order valence-electron chi connectivity index (χ3n) is 6.04. The number of carboxylic acids is 2. The van der Waals surface area contributed by atoms with Crippen LogP contribution in [0.3, 0.4) is 0 Å². The number of unbranched alkanes of at least 4 members (excludes halogenated alkanes) is 10. The van der Waals surface area contributed by atoms with Crippen molar-refractivity contribution < 1.29 is 19.8 Å². The van der Waals surface area contributed by atoms with E-state index >= 15 is 0 Å². The van der Waals surface area contributed by atoms with Crippen LogP contribution in [0.2, 0.25) is 0 Å². The Morgan fingerprint density at radius 1 is 0.415 bits per heavy atom. The topological polar surface area (TPSA) is 80.3 Å². The van der Waals surface area contributed by atoms with Crippen LogP contribution in [0, 0.1) is 0 Å². The second kappa shape index (κ2) is 40.8. The van der Waals surface area contributed by atoms with E-state index in [2.05, 4.69) is 86.8 Å². The minimum atomic E-state index is -0.945. The Balaban J connectivity index is -0.000000688. The molecule has 0 rings (SSSR count). The van der Waals surface area contributed by atoms with Gasteiger partial charge in [-0.05, 0) is 103 Å². The Bertz CT molecular complexity index is 670. The van der Waals surface area contributed by atoms with Crippen LogP contribution in [0.5, 0.6) is 0 Å². The van der Waals surface area contributed by atoms with Crippen molar-refractivity contribution >= 4 is 49.7 Å². The Morgan fingerprint density at radius 2 is 0.659 bits per heavy atom. The normalized spacial score (nSPS) is 11.8. The summed E-state index contributed by atoms with van der Waals surface area (Å²) in [6.07, 6.45) is 46.0. The maximum Gasteiger partial charge on any atom is 2.00 e. The van der Waals surface area contributed by atoms with E-state index in [1.54, 1.807) is 0 Å². The number of hydrogen-bond acceptors (Lipinski definition) is 4. The summed E-state index contributed by atoms with van der Waals surface area (Å²) in [5.41, 5.74) is 0. The Labute approximate surface area is 282 Å². The molecule has 0 aromatic rings. The molecule has 0 bridgehead atoms. The van der Waals surface area contributed by atoms with Crippen LogP contribution in [0.1, 0.15) is 142 Å². The molecule has 0 amide bonds. The molecule has 0 unspecified atom stereocenters. The van der Waals surface area contributed by atoms with E-state index < -0.39 is 11.9 Å². The summed E-state index contributed by atoms with van der Waals surface area (Å²) in [7, 11) is 0.